The molecule has 0 saturated carbocycles. The molecule has 7 heteroatoms. The van der Waals surface area contributed by atoms with Gasteiger partial charge in [0.2, 0.25) is 0 Å². The summed E-state index contributed by atoms with van der Waals surface area (Å²) in [7, 11) is 0. The van der Waals surface area contributed by atoms with Gasteiger partial charge < -0.3 is 10.2 Å². The Bertz CT molecular complexity index is 763. The third-order valence-electron chi connectivity index (χ3n) is 3.95. The third kappa shape index (κ3) is 3.64. The monoisotopic (exact) mass is 351 g/mol. The molecule has 2 aromatic rings. The fourth-order valence-electron chi connectivity index (χ4n) is 2.66. The number of anilines is 1. The molecule has 0 radical (unpaired) electrons. The van der Waals surface area contributed by atoms with Gasteiger partial charge >= 0.3 is 0 Å². The van der Waals surface area contributed by atoms with Gasteiger partial charge in [-0.05, 0) is 42.7 Å². The molecule has 3 rings (SSSR count). The van der Waals surface area contributed by atoms with Crippen molar-refractivity contribution >= 4 is 23.3 Å². The molecule has 1 N–H and O–H groups in total. The number of rotatable bonds is 4. The van der Waals surface area contributed by atoms with Crippen LogP contribution < -0.4 is 10.2 Å². The number of nitrogens with one attached hydrogen (secondary N) is 1. The van der Waals surface area contributed by atoms with Crippen LogP contribution in [-0.2, 0) is 6.54 Å². The number of aromatic nitrogens is 1. The molecule has 1 fully saturated rings. The summed E-state index contributed by atoms with van der Waals surface area (Å²) in [5, 5.41) is 2.54. The Balaban J connectivity index is 1.68. The SMILES string of the molecule is O=C(NCc1ccnc(N2CCCC2)c1)c1cc(F)c(F)cc1Cl. The second-order valence-electron chi connectivity index (χ2n) is 5.65. The third-order valence-corrected chi connectivity index (χ3v) is 4.26. The number of hydrogen-bond donors (Lipinski definition) is 1. The first-order chi connectivity index (χ1) is 11.5. The molecule has 1 aromatic heterocycles. The first-order valence-electron chi connectivity index (χ1n) is 7.67. The zero-order valence-electron chi connectivity index (χ0n) is 12.9. The average molecular weight is 352 g/mol. The maximum absolute atomic E-state index is 13.3. The van der Waals surface area contributed by atoms with E-state index in [9.17, 15) is 13.6 Å². The highest BCUT2D eigenvalue weighted by Gasteiger charge is 2.16. The van der Waals surface area contributed by atoms with Crippen molar-refractivity contribution in [3.63, 3.8) is 0 Å². The Morgan fingerprint density at radius 3 is 2.67 bits per heavy atom. The van der Waals surface area contributed by atoms with Crippen LogP contribution in [0.4, 0.5) is 14.6 Å². The van der Waals surface area contributed by atoms with Gasteiger partial charge in [-0.3, -0.25) is 4.79 Å². The highest BCUT2D eigenvalue weighted by atomic mass is 35.5. The molecule has 1 saturated heterocycles. The van der Waals surface area contributed by atoms with Crippen LogP contribution >= 0.6 is 11.6 Å². The standard InChI is InChI=1S/C17H16ClF2N3O/c18-13-9-15(20)14(19)8-12(13)17(24)22-10-11-3-4-21-16(7-11)23-5-1-2-6-23/h3-4,7-9H,1-2,5-6,10H2,(H,22,24). The molecule has 24 heavy (non-hydrogen) atoms. The van der Waals surface area contributed by atoms with Crippen LogP contribution in [0.15, 0.2) is 30.5 Å². The lowest BCUT2D eigenvalue weighted by molar-refractivity contribution is 0.0950. The second kappa shape index (κ2) is 7.13. The van der Waals surface area contributed by atoms with E-state index in [1.807, 2.05) is 6.07 Å². The first kappa shape index (κ1) is 16.6. The van der Waals surface area contributed by atoms with E-state index in [0.717, 1.165) is 49.4 Å². The predicted molar refractivity (Wildman–Crippen MR) is 88.2 cm³/mol. The fourth-order valence-corrected chi connectivity index (χ4v) is 2.90. The topological polar surface area (TPSA) is 45.2 Å². The largest absolute Gasteiger partial charge is 0.357 e. The molecule has 0 atom stereocenters. The maximum atomic E-state index is 13.3. The lowest BCUT2D eigenvalue weighted by Gasteiger charge is -2.17. The predicted octanol–water partition coefficient (Wildman–Crippen LogP) is 3.54. The lowest BCUT2D eigenvalue weighted by Crippen LogP contribution is -2.24. The summed E-state index contributed by atoms with van der Waals surface area (Å²) >= 11 is 5.81. The van der Waals surface area contributed by atoms with E-state index in [1.54, 1.807) is 12.3 Å². The van der Waals surface area contributed by atoms with Crippen molar-refractivity contribution in [2.45, 2.75) is 19.4 Å². The summed E-state index contributed by atoms with van der Waals surface area (Å²) in [5.74, 6) is -1.87. The Kier molecular flexibility index (Phi) is 4.94. The molecule has 0 spiro atoms. The van der Waals surface area contributed by atoms with Crippen LogP contribution in [0.5, 0.6) is 0 Å². The van der Waals surface area contributed by atoms with Gasteiger partial charge in [0.15, 0.2) is 11.6 Å². The number of hydrogen-bond acceptors (Lipinski definition) is 3. The van der Waals surface area contributed by atoms with Gasteiger partial charge in [-0.2, -0.15) is 0 Å². The minimum atomic E-state index is -1.11. The van der Waals surface area contributed by atoms with Crippen LogP contribution in [0.1, 0.15) is 28.8 Å². The van der Waals surface area contributed by atoms with Crippen LogP contribution in [0.2, 0.25) is 5.02 Å². The summed E-state index contributed by atoms with van der Waals surface area (Å²) in [6.07, 6.45) is 3.99. The number of carbonyl (C=O) groups is 1. The molecule has 2 heterocycles. The smallest absolute Gasteiger partial charge is 0.253 e. The van der Waals surface area contributed by atoms with Gasteiger partial charge in [0.05, 0.1) is 10.6 Å². The van der Waals surface area contributed by atoms with E-state index >= 15 is 0 Å². The zero-order chi connectivity index (χ0) is 17.1. The summed E-state index contributed by atoms with van der Waals surface area (Å²) in [6, 6.07) is 5.31. The molecular weight excluding hydrogens is 336 g/mol. The van der Waals surface area contributed by atoms with Crippen molar-refractivity contribution in [3.8, 4) is 0 Å². The van der Waals surface area contributed by atoms with Crippen molar-refractivity contribution in [3.05, 3.63) is 58.2 Å². The van der Waals surface area contributed by atoms with Crippen molar-refractivity contribution < 1.29 is 13.6 Å². The van der Waals surface area contributed by atoms with E-state index in [4.69, 9.17) is 11.6 Å². The summed E-state index contributed by atoms with van der Waals surface area (Å²) in [5.41, 5.74) is 0.781. The summed E-state index contributed by atoms with van der Waals surface area (Å²) < 4.78 is 26.3. The summed E-state index contributed by atoms with van der Waals surface area (Å²) in [4.78, 5) is 18.7. The van der Waals surface area contributed by atoms with Crippen molar-refractivity contribution in [2.75, 3.05) is 18.0 Å². The quantitative estimate of drug-likeness (QED) is 0.857. The molecule has 126 valence electrons. The summed E-state index contributed by atoms with van der Waals surface area (Å²) in [6.45, 7) is 2.21. The molecule has 1 aliphatic rings. The lowest BCUT2D eigenvalue weighted by atomic mass is 10.2. The molecule has 4 nitrogen and oxygen atoms in total. The van der Waals surface area contributed by atoms with Crippen LogP contribution in [0, 0.1) is 11.6 Å². The van der Waals surface area contributed by atoms with E-state index in [1.165, 1.54) is 0 Å². The van der Waals surface area contributed by atoms with E-state index in [0.29, 0.717) is 0 Å². The van der Waals surface area contributed by atoms with Crippen LogP contribution in [0.3, 0.4) is 0 Å². The van der Waals surface area contributed by atoms with Gasteiger partial charge in [0, 0.05) is 25.8 Å². The number of halogens is 3. The Morgan fingerprint density at radius 2 is 1.92 bits per heavy atom. The molecule has 1 amide bonds. The number of pyridine rings is 1. The zero-order valence-corrected chi connectivity index (χ0v) is 13.6. The minimum absolute atomic E-state index is 0.0932. The molecular formula is C17H16ClF2N3O. The maximum Gasteiger partial charge on any atom is 0.253 e. The van der Waals surface area contributed by atoms with Gasteiger partial charge in [-0.25, -0.2) is 13.8 Å². The minimum Gasteiger partial charge on any atom is -0.357 e. The average Bonchev–Trinajstić information content (AvgIpc) is 3.11. The van der Waals surface area contributed by atoms with Crippen molar-refractivity contribution in [1.82, 2.24) is 10.3 Å². The fraction of sp³-hybridized carbons (Fsp3) is 0.294. The van der Waals surface area contributed by atoms with Crippen LogP contribution in [-0.4, -0.2) is 24.0 Å². The molecule has 1 aromatic carbocycles. The Hall–Kier alpha value is -2.21. The highest BCUT2D eigenvalue weighted by molar-refractivity contribution is 6.33. The Morgan fingerprint density at radius 1 is 1.21 bits per heavy atom. The normalized spacial score (nSPS) is 14.0. The number of amides is 1. The number of nitrogens with zero attached hydrogens (tertiary/aromatic N) is 2. The number of carbonyl (C=O) groups excluding carboxylic acids is 1. The van der Waals surface area contributed by atoms with E-state index < -0.39 is 17.5 Å². The van der Waals surface area contributed by atoms with Gasteiger partial charge in [-0.1, -0.05) is 11.6 Å². The molecule has 0 aliphatic carbocycles. The van der Waals surface area contributed by atoms with Gasteiger partial charge in [0.25, 0.3) is 5.91 Å². The highest BCUT2D eigenvalue weighted by Crippen LogP contribution is 2.21. The molecule has 0 bridgehead atoms. The van der Waals surface area contributed by atoms with Crippen molar-refractivity contribution in [2.24, 2.45) is 0 Å². The molecule has 1 aliphatic heterocycles. The van der Waals surface area contributed by atoms with E-state index in [2.05, 4.69) is 15.2 Å². The van der Waals surface area contributed by atoms with E-state index in [-0.39, 0.29) is 17.1 Å². The van der Waals surface area contributed by atoms with Crippen LogP contribution in [0.25, 0.3) is 0 Å². The van der Waals surface area contributed by atoms with Crippen molar-refractivity contribution in [1.29, 1.82) is 0 Å². The first-order valence-corrected chi connectivity index (χ1v) is 8.05. The number of benzene rings is 1. The van der Waals surface area contributed by atoms with Gasteiger partial charge in [-0.15, -0.1) is 0 Å². The van der Waals surface area contributed by atoms with Gasteiger partial charge in [0.1, 0.15) is 5.82 Å². The Labute approximate surface area is 143 Å². The molecule has 0 unspecified atom stereocenters. The second-order valence-corrected chi connectivity index (χ2v) is 6.05.